The molecule has 0 bridgehead atoms. The fourth-order valence-electron chi connectivity index (χ4n) is 4.15. The first-order valence-electron chi connectivity index (χ1n) is 10.1. The lowest BCUT2D eigenvalue weighted by molar-refractivity contribution is -0.170. The number of nitrogens with zero attached hydrogens (tertiary/aromatic N) is 2. The molecule has 1 aliphatic heterocycles. The third kappa shape index (κ3) is 4.26. The van der Waals surface area contributed by atoms with E-state index in [1.807, 2.05) is 0 Å². The Morgan fingerprint density at radius 3 is 2.52 bits per heavy atom. The molecule has 0 spiro atoms. The molecule has 1 saturated carbocycles. The Bertz CT molecular complexity index is 999. The SMILES string of the molecule is O=C1OCc2c1ccc(N(Cc1ccc(C3CCCCC3)cn1)C(=O)C(F)(F)F)c2F. The van der Waals surface area contributed by atoms with E-state index in [1.165, 1.54) is 12.5 Å². The highest BCUT2D eigenvalue weighted by Crippen LogP contribution is 2.34. The minimum absolute atomic E-state index is 0.0596. The number of halogens is 4. The Kier molecular flexibility index (Phi) is 5.68. The average molecular weight is 436 g/mol. The molecule has 2 heterocycles. The van der Waals surface area contributed by atoms with Crippen LogP contribution in [0.5, 0.6) is 0 Å². The molecule has 0 N–H and O–H groups in total. The summed E-state index contributed by atoms with van der Waals surface area (Å²) in [5.41, 5.74) is 0.414. The zero-order valence-electron chi connectivity index (χ0n) is 16.5. The van der Waals surface area contributed by atoms with Crippen LogP contribution in [0.4, 0.5) is 23.2 Å². The summed E-state index contributed by atoms with van der Waals surface area (Å²) < 4.78 is 59.4. The van der Waals surface area contributed by atoms with E-state index in [2.05, 4.69) is 4.98 Å². The summed E-state index contributed by atoms with van der Waals surface area (Å²) in [5.74, 6) is -3.68. The van der Waals surface area contributed by atoms with Crippen molar-refractivity contribution in [3.8, 4) is 0 Å². The molecule has 0 radical (unpaired) electrons. The maximum absolute atomic E-state index is 14.9. The smallest absolute Gasteiger partial charge is 0.457 e. The van der Waals surface area contributed by atoms with Gasteiger partial charge < -0.3 is 4.74 Å². The molecule has 1 amide bonds. The highest BCUT2D eigenvalue weighted by molar-refractivity contribution is 5.99. The molecule has 1 aromatic heterocycles. The van der Waals surface area contributed by atoms with Gasteiger partial charge in [-0.2, -0.15) is 13.2 Å². The molecular formula is C22H20F4N2O3. The van der Waals surface area contributed by atoms with Crippen LogP contribution >= 0.6 is 0 Å². The first-order chi connectivity index (χ1) is 14.8. The third-order valence-electron chi connectivity index (χ3n) is 5.81. The number of carbonyl (C=O) groups excluding carboxylic acids is 2. The molecule has 2 aliphatic rings. The van der Waals surface area contributed by atoms with Crippen molar-refractivity contribution in [3.63, 3.8) is 0 Å². The van der Waals surface area contributed by atoms with Crippen molar-refractivity contribution in [2.75, 3.05) is 4.90 Å². The first-order valence-corrected chi connectivity index (χ1v) is 10.1. The van der Waals surface area contributed by atoms with Crippen LogP contribution in [-0.4, -0.2) is 23.0 Å². The highest BCUT2D eigenvalue weighted by Gasteiger charge is 2.44. The zero-order valence-corrected chi connectivity index (χ0v) is 16.5. The van der Waals surface area contributed by atoms with E-state index in [1.54, 1.807) is 18.3 Å². The second-order valence-corrected chi connectivity index (χ2v) is 7.81. The predicted octanol–water partition coefficient (Wildman–Crippen LogP) is 5.03. The summed E-state index contributed by atoms with van der Waals surface area (Å²) in [7, 11) is 0. The second kappa shape index (κ2) is 8.28. The fourth-order valence-corrected chi connectivity index (χ4v) is 4.15. The molecule has 0 unspecified atom stereocenters. The van der Waals surface area contributed by atoms with Crippen molar-refractivity contribution in [1.82, 2.24) is 4.98 Å². The molecule has 0 saturated heterocycles. The van der Waals surface area contributed by atoms with Gasteiger partial charge in [-0.1, -0.05) is 25.3 Å². The van der Waals surface area contributed by atoms with Crippen LogP contribution in [0, 0.1) is 5.82 Å². The summed E-state index contributed by atoms with van der Waals surface area (Å²) in [5, 5.41) is 0. The van der Waals surface area contributed by atoms with Crippen LogP contribution in [0.3, 0.4) is 0 Å². The molecule has 1 aliphatic carbocycles. The highest BCUT2D eigenvalue weighted by atomic mass is 19.4. The minimum atomic E-state index is -5.21. The quantitative estimate of drug-likeness (QED) is 0.498. The van der Waals surface area contributed by atoms with Crippen LogP contribution < -0.4 is 4.90 Å². The third-order valence-corrected chi connectivity index (χ3v) is 5.81. The molecule has 1 aromatic carbocycles. The molecule has 164 valence electrons. The maximum Gasteiger partial charge on any atom is 0.471 e. The number of carbonyl (C=O) groups is 2. The number of pyridine rings is 1. The number of aromatic nitrogens is 1. The van der Waals surface area contributed by atoms with E-state index in [9.17, 15) is 27.2 Å². The van der Waals surface area contributed by atoms with Gasteiger partial charge in [0.05, 0.1) is 23.5 Å². The van der Waals surface area contributed by atoms with Gasteiger partial charge in [-0.15, -0.1) is 0 Å². The van der Waals surface area contributed by atoms with Crippen molar-refractivity contribution in [3.05, 3.63) is 58.7 Å². The van der Waals surface area contributed by atoms with Crippen molar-refractivity contribution in [2.45, 2.75) is 57.3 Å². The van der Waals surface area contributed by atoms with Crippen LogP contribution in [-0.2, 0) is 22.7 Å². The summed E-state index contributed by atoms with van der Waals surface area (Å²) in [6, 6.07) is 5.53. The fraction of sp³-hybridized carbons (Fsp3) is 0.409. The number of hydrogen-bond donors (Lipinski definition) is 0. The summed E-state index contributed by atoms with van der Waals surface area (Å²) in [6.45, 7) is -0.954. The van der Waals surface area contributed by atoms with E-state index in [-0.39, 0.29) is 16.8 Å². The zero-order chi connectivity index (χ0) is 22.2. The van der Waals surface area contributed by atoms with Crippen LogP contribution in [0.25, 0.3) is 0 Å². The van der Waals surface area contributed by atoms with Crippen molar-refractivity contribution in [1.29, 1.82) is 0 Å². The second-order valence-electron chi connectivity index (χ2n) is 7.81. The Morgan fingerprint density at radius 1 is 1.13 bits per heavy atom. The molecule has 2 aromatic rings. The van der Waals surface area contributed by atoms with E-state index in [0.29, 0.717) is 10.8 Å². The number of ether oxygens (including phenoxy) is 1. The monoisotopic (exact) mass is 436 g/mol. The van der Waals surface area contributed by atoms with Gasteiger partial charge in [0.1, 0.15) is 6.61 Å². The van der Waals surface area contributed by atoms with Gasteiger partial charge in [0.15, 0.2) is 5.82 Å². The minimum Gasteiger partial charge on any atom is -0.457 e. The largest absolute Gasteiger partial charge is 0.471 e. The Labute approximate surface area is 176 Å². The van der Waals surface area contributed by atoms with Crippen molar-refractivity contribution in [2.24, 2.45) is 0 Å². The van der Waals surface area contributed by atoms with Gasteiger partial charge in [0, 0.05) is 11.8 Å². The molecule has 0 atom stereocenters. The lowest BCUT2D eigenvalue weighted by atomic mass is 9.85. The molecule has 31 heavy (non-hydrogen) atoms. The Morgan fingerprint density at radius 2 is 1.87 bits per heavy atom. The van der Waals surface area contributed by atoms with E-state index in [0.717, 1.165) is 37.3 Å². The van der Waals surface area contributed by atoms with Gasteiger partial charge in [-0.25, -0.2) is 9.18 Å². The normalized spacial score (nSPS) is 16.7. The number of amides is 1. The number of alkyl halides is 3. The number of benzene rings is 1. The molecular weight excluding hydrogens is 416 g/mol. The van der Waals surface area contributed by atoms with Crippen LogP contribution in [0.1, 0.15) is 65.2 Å². The molecule has 9 heteroatoms. The van der Waals surface area contributed by atoms with E-state index < -0.39 is 42.7 Å². The van der Waals surface area contributed by atoms with Gasteiger partial charge in [0.2, 0.25) is 0 Å². The number of rotatable bonds is 4. The molecule has 5 nitrogen and oxygen atoms in total. The summed E-state index contributed by atoms with van der Waals surface area (Å²) in [4.78, 5) is 28.2. The number of cyclic esters (lactones) is 1. The van der Waals surface area contributed by atoms with Crippen LogP contribution in [0.15, 0.2) is 30.5 Å². The standard InChI is InChI=1S/C22H20F4N2O3/c23-19-17-12-31-20(29)16(17)8-9-18(19)28(21(30)22(24,25)26)11-15-7-6-14(10-27-15)13-4-2-1-3-5-13/h6-10,13H,1-5,11-12H2. The van der Waals surface area contributed by atoms with E-state index in [4.69, 9.17) is 4.74 Å². The van der Waals surface area contributed by atoms with Crippen LogP contribution in [0.2, 0.25) is 0 Å². The topological polar surface area (TPSA) is 59.5 Å². The number of esters is 1. The number of fused-ring (bicyclic) bond motifs is 1. The number of hydrogen-bond acceptors (Lipinski definition) is 4. The van der Waals surface area contributed by atoms with Gasteiger partial charge in [-0.05, 0) is 42.5 Å². The molecule has 4 rings (SSSR count). The van der Waals surface area contributed by atoms with E-state index >= 15 is 0 Å². The Balaban J connectivity index is 1.64. The Hall–Kier alpha value is -2.97. The lowest BCUT2D eigenvalue weighted by Crippen LogP contribution is -2.41. The van der Waals surface area contributed by atoms with Gasteiger partial charge in [0.25, 0.3) is 0 Å². The van der Waals surface area contributed by atoms with Gasteiger partial charge in [-0.3, -0.25) is 14.7 Å². The predicted molar refractivity (Wildman–Crippen MR) is 103 cm³/mol. The summed E-state index contributed by atoms with van der Waals surface area (Å²) in [6.07, 6.45) is 1.95. The van der Waals surface area contributed by atoms with Crippen molar-refractivity contribution >= 4 is 17.6 Å². The van der Waals surface area contributed by atoms with Crippen molar-refractivity contribution < 1.29 is 31.9 Å². The molecule has 1 fully saturated rings. The summed E-state index contributed by atoms with van der Waals surface area (Å²) >= 11 is 0. The maximum atomic E-state index is 14.9. The number of anilines is 1. The average Bonchev–Trinajstić information content (AvgIpc) is 3.14. The lowest BCUT2D eigenvalue weighted by Gasteiger charge is -2.25. The first kappa shape index (κ1) is 21.3. The van der Waals surface area contributed by atoms with Gasteiger partial charge >= 0.3 is 18.1 Å².